The molecule has 1 saturated heterocycles. The Balaban J connectivity index is 2.13. The highest BCUT2D eigenvalue weighted by molar-refractivity contribution is 6.30. The summed E-state index contributed by atoms with van der Waals surface area (Å²) in [4.78, 5) is 43.8. The van der Waals surface area contributed by atoms with Gasteiger partial charge in [-0.2, -0.15) is 0 Å². The van der Waals surface area contributed by atoms with Crippen LogP contribution in [-0.4, -0.2) is 65.3 Å². The zero-order chi connectivity index (χ0) is 28.6. The highest BCUT2D eigenvalue weighted by Crippen LogP contribution is 2.21. The van der Waals surface area contributed by atoms with Crippen LogP contribution in [0.15, 0.2) is 35.9 Å². The number of nitrogens with zero attached hydrogens (tertiary/aromatic N) is 2. The van der Waals surface area contributed by atoms with Gasteiger partial charge in [-0.25, -0.2) is 0 Å². The molecular formula is C30H47ClN4O3. The van der Waals surface area contributed by atoms with Crippen LogP contribution in [0.25, 0.3) is 0 Å². The van der Waals surface area contributed by atoms with Crippen molar-refractivity contribution < 1.29 is 14.4 Å². The summed E-state index contributed by atoms with van der Waals surface area (Å²) in [5.41, 5.74) is 1.49. The van der Waals surface area contributed by atoms with Gasteiger partial charge in [0.2, 0.25) is 17.7 Å². The van der Waals surface area contributed by atoms with E-state index in [-0.39, 0.29) is 47.7 Å². The fourth-order valence-electron chi connectivity index (χ4n) is 4.99. The van der Waals surface area contributed by atoms with Gasteiger partial charge in [0.1, 0.15) is 6.04 Å². The van der Waals surface area contributed by atoms with Crippen molar-refractivity contribution in [1.82, 2.24) is 20.4 Å². The smallest absolute Gasteiger partial charge is 0.246 e. The van der Waals surface area contributed by atoms with Gasteiger partial charge in [0, 0.05) is 30.2 Å². The Morgan fingerprint density at radius 1 is 1.05 bits per heavy atom. The number of rotatable bonds is 11. The molecule has 1 aliphatic heterocycles. The van der Waals surface area contributed by atoms with E-state index in [4.69, 9.17) is 11.6 Å². The molecular weight excluding hydrogens is 500 g/mol. The summed E-state index contributed by atoms with van der Waals surface area (Å²) in [7, 11) is 1.75. The number of piperidine rings is 1. The maximum Gasteiger partial charge on any atom is 0.246 e. The van der Waals surface area contributed by atoms with E-state index in [0.717, 1.165) is 31.4 Å². The van der Waals surface area contributed by atoms with Gasteiger partial charge in [-0.05, 0) is 69.7 Å². The average molecular weight is 547 g/mol. The van der Waals surface area contributed by atoms with Crippen molar-refractivity contribution in [2.24, 2.45) is 11.8 Å². The molecule has 1 unspecified atom stereocenters. The Kier molecular flexibility index (Phi) is 12.3. The van der Waals surface area contributed by atoms with Gasteiger partial charge in [-0.1, -0.05) is 63.9 Å². The van der Waals surface area contributed by atoms with Crippen molar-refractivity contribution in [3.8, 4) is 0 Å². The molecule has 0 aliphatic carbocycles. The molecule has 1 aromatic rings. The zero-order valence-corrected chi connectivity index (χ0v) is 25.1. The lowest BCUT2D eigenvalue weighted by Gasteiger charge is -2.39. The minimum atomic E-state index is -0.642. The lowest BCUT2D eigenvalue weighted by atomic mass is 9.95. The number of hydrogen-bond donors (Lipinski definition) is 2. The van der Waals surface area contributed by atoms with E-state index in [1.54, 1.807) is 31.0 Å². The van der Waals surface area contributed by atoms with E-state index >= 15 is 0 Å². The van der Waals surface area contributed by atoms with Crippen LogP contribution in [-0.2, 0) is 20.9 Å². The zero-order valence-electron chi connectivity index (χ0n) is 24.4. The van der Waals surface area contributed by atoms with Gasteiger partial charge in [0.05, 0.1) is 12.1 Å². The van der Waals surface area contributed by atoms with Crippen LogP contribution in [0.1, 0.15) is 73.3 Å². The summed E-state index contributed by atoms with van der Waals surface area (Å²) in [6, 6.07) is 6.44. The van der Waals surface area contributed by atoms with Crippen LogP contribution >= 0.6 is 11.6 Å². The van der Waals surface area contributed by atoms with Gasteiger partial charge >= 0.3 is 0 Å². The van der Waals surface area contributed by atoms with Crippen LogP contribution in [0.4, 0.5) is 0 Å². The molecule has 1 aromatic carbocycles. The number of hydrogen-bond acceptors (Lipinski definition) is 4. The van der Waals surface area contributed by atoms with Crippen molar-refractivity contribution in [3.05, 3.63) is 46.5 Å². The Bertz CT molecular complexity index is 974. The van der Waals surface area contributed by atoms with Crippen LogP contribution < -0.4 is 10.6 Å². The summed E-state index contributed by atoms with van der Waals surface area (Å²) in [6.07, 6.45) is 4.76. The molecule has 3 amide bonds. The maximum absolute atomic E-state index is 13.7. The fraction of sp³-hybridized carbons (Fsp3) is 0.633. The highest BCUT2D eigenvalue weighted by Gasteiger charge is 2.36. The van der Waals surface area contributed by atoms with E-state index < -0.39 is 6.04 Å². The quantitative estimate of drug-likeness (QED) is 0.391. The van der Waals surface area contributed by atoms with Crippen LogP contribution in [0.5, 0.6) is 0 Å². The molecule has 0 aromatic heterocycles. The minimum Gasteiger partial charge on any atom is -0.348 e. The van der Waals surface area contributed by atoms with E-state index in [1.165, 1.54) is 0 Å². The van der Waals surface area contributed by atoms with Crippen LogP contribution in [0, 0.1) is 11.8 Å². The van der Waals surface area contributed by atoms with E-state index in [2.05, 4.69) is 29.4 Å². The molecule has 2 N–H and O–H groups in total. The number of carbonyl (C=O) groups excluding carboxylic acids is 3. The van der Waals surface area contributed by atoms with Crippen molar-refractivity contribution in [2.45, 2.75) is 98.4 Å². The molecule has 2 rings (SSSR count). The molecule has 212 valence electrons. The summed E-state index contributed by atoms with van der Waals surface area (Å²) in [5, 5.41) is 6.66. The number of halogens is 1. The number of likely N-dealkylation sites (tertiary alicyclic amines) is 1. The molecule has 3 atom stereocenters. The first kappa shape index (κ1) is 31.8. The van der Waals surface area contributed by atoms with Gasteiger partial charge in [-0.3, -0.25) is 19.3 Å². The van der Waals surface area contributed by atoms with Gasteiger partial charge in [0.15, 0.2) is 0 Å². The van der Waals surface area contributed by atoms with Gasteiger partial charge in [0.25, 0.3) is 0 Å². The van der Waals surface area contributed by atoms with Gasteiger partial charge in [-0.15, -0.1) is 0 Å². The Morgan fingerprint density at radius 3 is 2.24 bits per heavy atom. The first-order valence-electron chi connectivity index (χ1n) is 13.9. The van der Waals surface area contributed by atoms with E-state index in [1.807, 2.05) is 45.9 Å². The van der Waals surface area contributed by atoms with Crippen molar-refractivity contribution >= 4 is 29.3 Å². The van der Waals surface area contributed by atoms with Crippen molar-refractivity contribution in [1.29, 1.82) is 0 Å². The second-order valence-electron chi connectivity index (χ2n) is 11.4. The first-order chi connectivity index (χ1) is 17.8. The minimum absolute atomic E-state index is 0.0706. The third-order valence-electron chi connectivity index (χ3n) is 7.36. The topological polar surface area (TPSA) is 81.8 Å². The number of carbonyl (C=O) groups is 3. The molecule has 0 saturated carbocycles. The standard InChI is InChI=1S/C30H47ClN4O3/c1-19(2)26(17-22(7)28(36)32-18-23-12-14-24(31)15-13-23)34(8)30(38)27(20(3)4)33-29(37)25-11-9-10-16-35(25)21(5)6/h12-15,17,19-21,25-27H,9-11,16,18H2,1-8H3,(H,32,36)(H,33,37)/b22-17+/t25?,26-,27+/m1/s1. The largest absolute Gasteiger partial charge is 0.348 e. The second-order valence-corrected chi connectivity index (χ2v) is 11.9. The lowest BCUT2D eigenvalue weighted by molar-refractivity contribution is -0.140. The summed E-state index contributed by atoms with van der Waals surface area (Å²) < 4.78 is 0. The molecule has 0 radical (unpaired) electrons. The average Bonchev–Trinajstić information content (AvgIpc) is 2.88. The second kappa shape index (κ2) is 14.7. The SMILES string of the molecule is C/C(=C\[C@H](C(C)C)N(C)C(=O)[C@@H](NC(=O)C1CCCCN1C(C)C)C(C)C)C(=O)NCc1ccc(Cl)cc1. The molecule has 1 aliphatic rings. The van der Waals surface area contributed by atoms with Crippen LogP contribution in [0.3, 0.4) is 0 Å². The number of amides is 3. The first-order valence-corrected chi connectivity index (χ1v) is 14.2. The third kappa shape index (κ3) is 8.84. The van der Waals surface area contributed by atoms with Crippen molar-refractivity contribution in [2.75, 3.05) is 13.6 Å². The van der Waals surface area contributed by atoms with Crippen molar-refractivity contribution in [3.63, 3.8) is 0 Å². The van der Waals surface area contributed by atoms with E-state index in [0.29, 0.717) is 17.1 Å². The maximum atomic E-state index is 13.7. The van der Waals surface area contributed by atoms with Crippen LogP contribution in [0.2, 0.25) is 5.02 Å². The van der Waals surface area contributed by atoms with Gasteiger partial charge < -0.3 is 15.5 Å². The molecule has 1 heterocycles. The fourth-order valence-corrected chi connectivity index (χ4v) is 5.12. The number of nitrogens with one attached hydrogen (secondary N) is 2. The molecule has 0 spiro atoms. The number of benzene rings is 1. The molecule has 7 nitrogen and oxygen atoms in total. The molecule has 38 heavy (non-hydrogen) atoms. The Morgan fingerprint density at radius 2 is 1.68 bits per heavy atom. The predicted molar refractivity (Wildman–Crippen MR) is 155 cm³/mol. The monoisotopic (exact) mass is 546 g/mol. The van der Waals surface area contributed by atoms with E-state index in [9.17, 15) is 14.4 Å². The Labute approximate surface area is 234 Å². The predicted octanol–water partition coefficient (Wildman–Crippen LogP) is 4.79. The molecule has 0 bridgehead atoms. The molecule has 1 fully saturated rings. The summed E-state index contributed by atoms with van der Waals surface area (Å²) in [5.74, 6) is -0.420. The Hall–Kier alpha value is -2.38. The highest BCUT2D eigenvalue weighted by atomic mass is 35.5. The number of likely N-dealkylation sites (N-methyl/N-ethyl adjacent to an activating group) is 1. The normalized spacial score (nSPS) is 18.4. The summed E-state index contributed by atoms with van der Waals surface area (Å²) >= 11 is 5.94. The summed E-state index contributed by atoms with van der Waals surface area (Å²) in [6.45, 7) is 15.2. The third-order valence-corrected chi connectivity index (χ3v) is 7.62. The molecule has 8 heteroatoms. The lowest BCUT2D eigenvalue weighted by Crippen LogP contribution is -2.58.